The van der Waals surface area contributed by atoms with E-state index in [1.165, 1.54) is 12.1 Å². The lowest BCUT2D eigenvalue weighted by Gasteiger charge is -2.23. The highest BCUT2D eigenvalue weighted by Crippen LogP contribution is 2.33. The van der Waals surface area contributed by atoms with Crippen LogP contribution in [0.1, 0.15) is 31.9 Å². The Bertz CT molecular complexity index is 769. The van der Waals surface area contributed by atoms with Gasteiger partial charge in [-0.25, -0.2) is 0 Å². The molecule has 1 amide bonds. The fourth-order valence-corrected chi connectivity index (χ4v) is 2.25. The van der Waals surface area contributed by atoms with E-state index in [0.29, 0.717) is 17.0 Å². The number of ether oxygens (including phenoxy) is 1. The van der Waals surface area contributed by atoms with Crippen molar-refractivity contribution in [2.24, 2.45) is 0 Å². The minimum absolute atomic E-state index is 0.127. The first kappa shape index (κ1) is 17.4. The van der Waals surface area contributed by atoms with Gasteiger partial charge in [0.1, 0.15) is 17.6 Å². The van der Waals surface area contributed by atoms with Crippen LogP contribution >= 0.6 is 0 Å². The highest BCUT2D eigenvalue weighted by atomic mass is 16.5. The maximum atomic E-state index is 12.0. The molecule has 0 radical (unpaired) electrons. The van der Waals surface area contributed by atoms with Crippen LogP contribution in [0.2, 0.25) is 0 Å². The average molecular weight is 324 g/mol. The van der Waals surface area contributed by atoms with Gasteiger partial charge < -0.3 is 15.2 Å². The van der Waals surface area contributed by atoms with Crippen LogP contribution in [0, 0.1) is 11.3 Å². The first-order chi connectivity index (χ1) is 11.3. The molecule has 2 aromatic carbocycles. The van der Waals surface area contributed by atoms with E-state index in [1.807, 2.05) is 32.9 Å². The molecular weight excluding hydrogens is 304 g/mol. The highest BCUT2D eigenvalue weighted by Gasteiger charge is 2.22. The zero-order valence-electron chi connectivity index (χ0n) is 14.0. The number of amides is 1. The number of hydrogen-bond acceptors (Lipinski definition) is 4. The number of nitriles is 1. The molecule has 0 unspecified atom stereocenters. The third-order valence-electron chi connectivity index (χ3n) is 3.44. The van der Waals surface area contributed by atoms with Crippen molar-refractivity contribution in [2.75, 3.05) is 11.9 Å². The number of aromatic hydroxyl groups is 1. The molecule has 0 bridgehead atoms. The summed E-state index contributed by atoms with van der Waals surface area (Å²) in [5.41, 5.74) is 1.63. The SMILES string of the molecule is CC(C)(C)c1cccc(C#N)c1OCC(=O)Nc1ccc(O)cc1. The average Bonchev–Trinajstić information content (AvgIpc) is 2.54. The second-order valence-corrected chi connectivity index (χ2v) is 6.43. The Labute approximate surface area is 141 Å². The van der Waals surface area contributed by atoms with Gasteiger partial charge in [0.05, 0.1) is 5.56 Å². The van der Waals surface area contributed by atoms with E-state index < -0.39 is 0 Å². The molecule has 124 valence electrons. The number of anilines is 1. The fraction of sp³-hybridized carbons (Fsp3) is 0.263. The summed E-state index contributed by atoms with van der Waals surface area (Å²) in [7, 11) is 0. The second kappa shape index (κ2) is 7.05. The number of nitrogens with zero attached hydrogens (tertiary/aromatic N) is 1. The summed E-state index contributed by atoms with van der Waals surface area (Å²) in [5.74, 6) is 0.226. The summed E-state index contributed by atoms with van der Waals surface area (Å²) in [6.07, 6.45) is 0. The third-order valence-corrected chi connectivity index (χ3v) is 3.44. The van der Waals surface area contributed by atoms with E-state index in [1.54, 1.807) is 18.2 Å². The fourth-order valence-electron chi connectivity index (χ4n) is 2.25. The van der Waals surface area contributed by atoms with Crippen LogP contribution in [0.5, 0.6) is 11.5 Å². The lowest BCUT2D eigenvalue weighted by molar-refractivity contribution is -0.118. The predicted molar refractivity (Wildman–Crippen MR) is 92.1 cm³/mol. The number of phenols is 1. The topological polar surface area (TPSA) is 82.3 Å². The first-order valence-corrected chi connectivity index (χ1v) is 7.56. The largest absolute Gasteiger partial charge is 0.508 e. The van der Waals surface area contributed by atoms with Crippen LogP contribution < -0.4 is 10.1 Å². The Kier molecular flexibility index (Phi) is 5.10. The molecule has 0 aromatic heterocycles. The van der Waals surface area contributed by atoms with Crippen LogP contribution in [-0.2, 0) is 10.2 Å². The minimum atomic E-state index is -0.340. The zero-order valence-corrected chi connectivity index (χ0v) is 14.0. The molecule has 0 saturated carbocycles. The number of rotatable bonds is 4. The molecule has 0 aliphatic heterocycles. The quantitative estimate of drug-likeness (QED) is 0.842. The van der Waals surface area contributed by atoms with Crippen molar-refractivity contribution in [2.45, 2.75) is 26.2 Å². The molecule has 0 saturated heterocycles. The van der Waals surface area contributed by atoms with E-state index in [2.05, 4.69) is 11.4 Å². The normalized spacial score (nSPS) is 10.8. The van der Waals surface area contributed by atoms with E-state index in [0.717, 1.165) is 5.56 Å². The van der Waals surface area contributed by atoms with Gasteiger partial charge in [0, 0.05) is 11.3 Å². The molecule has 0 aliphatic carbocycles. The van der Waals surface area contributed by atoms with Gasteiger partial charge in [-0.3, -0.25) is 4.79 Å². The molecule has 2 rings (SSSR count). The third kappa shape index (κ3) is 4.26. The van der Waals surface area contributed by atoms with Gasteiger partial charge in [0.25, 0.3) is 5.91 Å². The standard InChI is InChI=1S/C19H20N2O3/c1-19(2,3)16-6-4-5-13(11-20)18(16)24-12-17(23)21-14-7-9-15(22)10-8-14/h4-10,22H,12H2,1-3H3,(H,21,23). The van der Waals surface area contributed by atoms with Crippen molar-refractivity contribution in [1.82, 2.24) is 0 Å². The van der Waals surface area contributed by atoms with E-state index >= 15 is 0 Å². The molecule has 5 heteroatoms. The smallest absolute Gasteiger partial charge is 0.262 e. The minimum Gasteiger partial charge on any atom is -0.508 e. The van der Waals surface area contributed by atoms with Crippen molar-refractivity contribution in [3.63, 3.8) is 0 Å². The maximum absolute atomic E-state index is 12.0. The Balaban J connectivity index is 2.12. The number of para-hydroxylation sites is 1. The first-order valence-electron chi connectivity index (χ1n) is 7.56. The van der Waals surface area contributed by atoms with Gasteiger partial charge in [0.15, 0.2) is 6.61 Å². The number of nitrogens with one attached hydrogen (secondary N) is 1. The van der Waals surface area contributed by atoms with Gasteiger partial charge in [-0.2, -0.15) is 5.26 Å². The van der Waals surface area contributed by atoms with Crippen molar-refractivity contribution >= 4 is 11.6 Å². The lowest BCUT2D eigenvalue weighted by Crippen LogP contribution is -2.22. The van der Waals surface area contributed by atoms with Gasteiger partial charge in [-0.1, -0.05) is 32.9 Å². The van der Waals surface area contributed by atoms with Crippen LogP contribution in [0.4, 0.5) is 5.69 Å². The van der Waals surface area contributed by atoms with Crippen molar-refractivity contribution in [3.8, 4) is 17.6 Å². The summed E-state index contributed by atoms with van der Waals surface area (Å²) in [6, 6.07) is 13.6. The lowest BCUT2D eigenvalue weighted by atomic mass is 9.85. The Morgan fingerprint density at radius 1 is 1.21 bits per heavy atom. The molecule has 2 aromatic rings. The highest BCUT2D eigenvalue weighted by molar-refractivity contribution is 5.92. The molecule has 0 atom stereocenters. The molecule has 24 heavy (non-hydrogen) atoms. The molecular formula is C19H20N2O3. The number of carbonyl (C=O) groups is 1. The van der Waals surface area contributed by atoms with Gasteiger partial charge in [-0.05, 0) is 35.7 Å². The summed E-state index contributed by atoms with van der Waals surface area (Å²) in [6.45, 7) is 5.86. The van der Waals surface area contributed by atoms with Crippen LogP contribution in [0.25, 0.3) is 0 Å². The second-order valence-electron chi connectivity index (χ2n) is 6.43. The van der Waals surface area contributed by atoms with E-state index in [-0.39, 0.29) is 23.7 Å². The van der Waals surface area contributed by atoms with Gasteiger partial charge >= 0.3 is 0 Å². The van der Waals surface area contributed by atoms with Crippen LogP contribution in [0.15, 0.2) is 42.5 Å². The van der Waals surface area contributed by atoms with Crippen molar-refractivity contribution in [1.29, 1.82) is 5.26 Å². The van der Waals surface area contributed by atoms with Crippen molar-refractivity contribution < 1.29 is 14.6 Å². The summed E-state index contributed by atoms with van der Waals surface area (Å²) in [5, 5.41) is 21.2. The predicted octanol–water partition coefficient (Wildman–Crippen LogP) is 3.58. The maximum Gasteiger partial charge on any atom is 0.262 e. The summed E-state index contributed by atoms with van der Waals surface area (Å²) < 4.78 is 5.66. The Morgan fingerprint density at radius 3 is 2.46 bits per heavy atom. The number of hydrogen-bond donors (Lipinski definition) is 2. The van der Waals surface area contributed by atoms with Gasteiger partial charge in [-0.15, -0.1) is 0 Å². The van der Waals surface area contributed by atoms with E-state index in [4.69, 9.17) is 4.74 Å². The Hall–Kier alpha value is -3.00. The molecule has 0 heterocycles. The molecule has 2 N–H and O–H groups in total. The molecule has 0 spiro atoms. The number of carbonyl (C=O) groups excluding carboxylic acids is 1. The van der Waals surface area contributed by atoms with Crippen molar-refractivity contribution in [3.05, 3.63) is 53.6 Å². The van der Waals surface area contributed by atoms with Crippen LogP contribution in [-0.4, -0.2) is 17.6 Å². The monoisotopic (exact) mass is 324 g/mol. The molecule has 5 nitrogen and oxygen atoms in total. The number of phenolic OH excluding ortho intramolecular Hbond substituents is 1. The Morgan fingerprint density at radius 2 is 1.88 bits per heavy atom. The zero-order chi connectivity index (χ0) is 17.7. The summed E-state index contributed by atoms with van der Waals surface area (Å²) in [4.78, 5) is 12.0. The van der Waals surface area contributed by atoms with Gasteiger partial charge in [0.2, 0.25) is 0 Å². The van der Waals surface area contributed by atoms with E-state index in [9.17, 15) is 15.2 Å². The molecule has 0 aliphatic rings. The number of benzene rings is 2. The van der Waals surface area contributed by atoms with Crippen LogP contribution in [0.3, 0.4) is 0 Å². The summed E-state index contributed by atoms with van der Waals surface area (Å²) >= 11 is 0. The molecule has 0 fully saturated rings.